The lowest BCUT2D eigenvalue weighted by Gasteiger charge is -1.68. The zero-order valence-electron chi connectivity index (χ0n) is 3.23. The Morgan fingerprint density at radius 3 is 1.80 bits per heavy atom. The summed E-state index contributed by atoms with van der Waals surface area (Å²) >= 11 is 0. The molecule has 0 saturated carbocycles. The monoisotopic (exact) mass is 69.1 g/mol. The predicted molar refractivity (Wildman–Crippen MR) is 23.2 cm³/mol. The fraction of sp³-hybridized carbons (Fsp3) is 0.333. The molecular formula is C3H6BO. The van der Waals surface area contributed by atoms with Gasteiger partial charge in [0.25, 0.3) is 0 Å². The summed E-state index contributed by atoms with van der Waals surface area (Å²) in [6.07, 6.45) is 0. The summed E-state index contributed by atoms with van der Waals surface area (Å²) in [4.78, 5) is 0. The van der Waals surface area contributed by atoms with E-state index in [1.165, 1.54) is 6.92 Å². The van der Waals surface area contributed by atoms with Gasteiger partial charge in [0, 0.05) is 8.41 Å². The second-order valence-corrected chi connectivity index (χ2v) is 0.735. The van der Waals surface area contributed by atoms with E-state index in [0.717, 1.165) is 0 Å². The summed E-state index contributed by atoms with van der Waals surface area (Å²) in [5.41, 5.74) is 0. The van der Waals surface area contributed by atoms with Crippen LogP contribution in [-0.4, -0.2) is 13.5 Å². The van der Waals surface area contributed by atoms with Gasteiger partial charge in [-0.05, 0) is 6.92 Å². The zero-order chi connectivity index (χ0) is 3.58. The van der Waals surface area contributed by atoms with E-state index in [2.05, 4.69) is 6.58 Å². The van der Waals surface area contributed by atoms with E-state index in [4.69, 9.17) is 5.11 Å². The maximum atomic E-state index is 7.86. The molecule has 0 spiro atoms. The van der Waals surface area contributed by atoms with Crippen molar-refractivity contribution in [3.8, 4) is 0 Å². The molecule has 0 fully saturated rings. The molecule has 3 radical (unpaired) electrons. The fourth-order valence-corrected chi connectivity index (χ4v) is 0. The van der Waals surface area contributed by atoms with Crippen molar-refractivity contribution in [2.24, 2.45) is 0 Å². The van der Waals surface area contributed by atoms with E-state index in [-0.39, 0.29) is 14.2 Å². The summed E-state index contributed by atoms with van der Waals surface area (Å²) in [6, 6.07) is 0. The molecule has 27 valence electrons. The van der Waals surface area contributed by atoms with Gasteiger partial charge in [0.05, 0.1) is 5.76 Å². The molecule has 0 aliphatic carbocycles. The SMILES string of the molecule is C=C(C)O.[B]. The maximum absolute atomic E-state index is 7.86. The topological polar surface area (TPSA) is 20.2 Å². The van der Waals surface area contributed by atoms with Gasteiger partial charge in [-0.3, -0.25) is 0 Å². The number of aliphatic hydroxyl groups excluding tert-OH is 1. The van der Waals surface area contributed by atoms with Gasteiger partial charge in [0.2, 0.25) is 0 Å². The minimum absolute atomic E-state index is 0. The highest BCUT2D eigenvalue weighted by Gasteiger charge is 1.53. The Morgan fingerprint density at radius 2 is 1.80 bits per heavy atom. The van der Waals surface area contributed by atoms with E-state index in [9.17, 15) is 0 Å². The van der Waals surface area contributed by atoms with Crippen LogP contribution in [0.25, 0.3) is 0 Å². The molecule has 0 atom stereocenters. The molecule has 0 bridgehead atoms. The van der Waals surface area contributed by atoms with Crippen molar-refractivity contribution in [1.82, 2.24) is 0 Å². The predicted octanol–water partition coefficient (Wildman–Crippen LogP) is 0.697. The molecule has 0 amide bonds. The van der Waals surface area contributed by atoms with Gasteiger partial charge in [0.15, 0.2) is 0 Å². The number of allylic oxidation sites excluding steroid dienone is 1. The highest BCUT2D eigenvalue weighted by molar-refractivity contribution is 5.75. The zero-order valence-corrected chi connectivity index (χ0v) is 3.23. The summed E-state index contributed by atoms with van der Waals surface area (Å²) < 4.78 is 0. The highest BCUT2D eigenvalue weighted by Crippen LogP contribution is 1.66. The number of hydrogen-bond acceptors (Lipinski definition) is 1. The standard InChI is InChI=1S/C3H6O.B/c1-3(2)4;/h4H,1H2,2H3;. The lowest BCUT2D eigenvalue weighted by Crippen LogP contribution is -1.54. The van der Waals surface area contributed by atoms with Crippen molar-refractivity contribution in [2.75, 3.05) is 0 Å². The summed E-state index contributed by atoms with van der Waals surface area (Å²) in [7, 11) is 0. The lowest BCUT2D eigenvalue weighted by atomic mass is 10.7. The largest absolute Gasteiger partial charge is 0.513 e. The maximum Gasteiger partial charge on any atom is 0.0820 e. The van der Waals surface area contributed by atoms with Crippen molar-refractivity contribution in [3.05, 3.63) is 12.3 Å². The third kappa shape index (κ3) is 59.5. The molecule has 0 aliphatic heterocycles. The second-order valence-electron chi connectivity index (χ2n) is 0.735. The summed E-state index contributed by atoms with van der Waals surface area (Å²) in [5, 5.41) is 7.86. The Balaban J connectivity index is 0. The van der Waals surface area contributed by atoms with E-state index >= 15 is 0 Å². The van der Waals surface area contributed by atoms with Gasteiger partial charge >= 0.3 is 0 Å². The summed E-state index contributed by atoms with van der Waals surface area (Å²) in [5.74, 6) is 0.167. The molecule has 0 saturated heterocycles. The van der Waals surface area contributed by atoms with Crippen molar-refractivity contribution in [2.45, 2.75) is 6.92 Å². The van der Waals surface area contributed by atoms with E-state index in [1.807, 2.05) is 0 Å². The molecule has 2 heteroatoms. The normalized spacial score (nSPS) is 5.00. The Kier molecular flexibility index (Phi) is 6.36. The van der Waals surface area contributed by atoms with Crippen LogP contribution in [0.15, 0.2) is 12.3 Å². The van der Waals surface area contributed by atoms with Crippen LogP contribution in [0.2, 0.25) is 0 Å². The summed E-state index contributed by atoms with van der Waals surface area (Å²) in [6.45, 7) is 4.64. The van der Waals surface area contributed by atoms with Gasteiger partial charge in [-0.25, -0.2) is 0 Å². The van der Waals surface area contributed by atoms with Crippen molar-refractivity contribution in [3.63, 3.8) is 0 Å². The minimum atomic E-state index is 0. The van der Waals surface area contributed by atoms with Crippen LogP contribution < -0.4 is 0 Å². The minimum Gasteiger partial charge on any atom is -0.513 e. The van der Waals surface area contributed by atoms with E-state index in [1.54, 1.807) is 0 Å². The van der Waals surface area contributed by atoms with Crippen molar-refractivity contribution >= 4 is 8.41 Å². The number of hydrogen-bond donors (Lipinski definition) is 1. The Morgan fingerprint density at radius 1 is 1.80 bits per heavy atom. The van der Waals surface area contributed by atoms with Crippen LogP contribution in [-0.2, 0) is 0 Å². The van der Waals surface area contributed by atoms with Crippen LogP contribution in [0.1, 0.15) is 6.92 Å². The first-order valence-electron chi connectivity index (χ1n) is 1.08. The highest BCUT2D eigenvalue weighted by atomic mass is 16.3. The van der Waals surface area contributed by atoms with Crippen LogP contribution in [0.3, 0.4) is 0 Å². The Labute approximate surface area is 33.9 Å². The lowest BCUT2D eigenvalue weighted by molar-refractivity contribution is 0.417. The number of rotatable bonds is 0. The van der Waals surface area contributed by atoms with Gasteiger partial charge < -0.3 is 5.11 Å². The van der Waals surface area contributed by atoms with E-state index < -0.39 is 0 Å². The first-order valence-corrected chi connectivity index (χ1v) is 1.08. The second kappa shape index (κ2) is 3.60. The van der Waals surface area contributed by atoms with Crippen LogP contribution in [0, 0.1) is 0 Å². The quantitative estimate of drug-likeness (QED) is 0.328. The van der Waals surface area contributed by atoms with Gasteiger partial charge in [-0.1, -0.05) is 6.58 Å². The van der Waals surface area contributed by atoms with Gasteiger partial charge in [-0.15, -0.1) is 0 Å². The Bertz CT molecular complexity index is 29.9. The van der Waals surface area contributed by atoms with Crippen LogP contribution >= 0.6 is 0 Å². The molecule has 1 N–H and O–H groups in total. The van der Waals surface area contributed by atoms with Gasteiger partial charge in [-0.2, -0.15) is 0 Å². The molecule has 1 nitrogen and oxygen atoms in total. The van der Waals surface area contributed by atoms with Crippen molar-refractivity contribution in [1.29, 1.82) is 0 Å². The molecule has 0 aromatic rings. The van der Waals surface area contributed by atoms with Gasteiger partial charge in [0.1, 0.15) is 0 Å². The Hall–Kier alpha value is -0.395. The first kappa shape index (κ1) is 8.82. The number of aliphatic hydroxyl groups is 1. The average molecular weight is 68.9 g/mol. The average Bonchev–Trinajstić information content (AvgIpc) is 0.811. The van der Waals surface area contributed by atoms with Crippen LogP contribution in [0.4, 0.5) is 0 Å². The molecule has 0 rings (SSSR count). The molecule has 5 heavy (non-hydrogen) atoms. The third-order valence-electron chi connectivity index (χ3n) is 0. The molecular weight excluding hydrogens is 62.8 g/mol. The molecule has 0 aromatic heterocycles. The molecule has 0 heterocycles. The molecule has 0 aromatic carbocycles. The smallest absolute Gasteiger partial charge is 0.0820 e. The molecule has 0 unspecified atom stereocenters. The van der Waals surface area contributed by atoms with Crippen molar-refractivity contribution < 1.29 is 5.11 Å². The first-order chi connectivity index (χ1) is 1.73. The third-order valence-corrected chi connectivity index (χ3v) is 0. The molecule has 0 aliphatic rings. The fourth-order valence-electron chi connectivity index (χ4n) is 0. The van der Waals surface area contributed by atoms with Crippen LogP contribution in [0.5, 0.6) is 0 Å². The van der Waals surface area contributed by atoms with E-state index in [0.29, 0.717) is 0 Å².